The molecule has 0 bridgehead atoms. The zero-order valence-corrected chi connectivity index (χ0v) is 12.7. The van der Waals surface area contributed by atoms with Gasteiger partial charge in [-0.15, -0.1) is 0 Å². The molecule has 21 heavy (non-hydrogen) atoms. The summed E-state index contributed by atoms with van der Waals surface area (Å²) < 4.78 is 0. The first kappa shape index (κ1) is 14.6. The predicted molar refractivity (Wildman–Crippen MR) is 83.3 cm³/mol. The Morgan fingerprint density at radius 1 is 1.10 bits per heavy atom. The fourth-order valence-electron chi connectivity index (χ4n) is 4.06. The lowest BCUT2D eigenvalue weighted by molar-refractivity contribution is -0.142. The minimum Gasteiger partial charge on any atom is -0.481 e. The Morgan fingerprint density at radius 2 is 1.71 bits per heavy atom. The highest BCUT2D eigenvalue weighted by molar-refractivity contribution is 5.70. The third-order valence-corrected chi connectivity index (χ3v) is 5.41. The van der Waals surface area contributed by atoms with E-state index in [1.807, 2.05) is 0 Å². The molecule has 3 nitrogen and oxygen atoms in total. The van der Waals surface area contributed by atoms with Crippen LogP contribution in [0.15, 0.2) is 30.3 Å². The third-order valence-electron chi connectivity index (χ3n) is 5.41. The van der Waals surface area contributed by atoms with Gasteiger partial charge < -0.3 is 10.4 Å². The lowest BCUT2D eigenvalue weighted by Gasteiger charge is -2.48. The number of hydrogen-bond donors (Lipinski definition) is 2. The van der Waals surface area contributed by atoms with Gasteiger partial charge in [0.15, 0.2) is 0 Å². The highest BCUT2D eigenvalue weighted by Crippen LogP contribution is 2.44. The van der Waals surface area contributed by atoms with E-state index < -0.39 is 5.97 Å². The van der Waals surface area contributed by atoms with Crippen LogP contribution in [0.1, 0.15) is 51.0 Å². The molecule has 2 fully saturated rings. The zero-order valence-electron chi connectivity index (χ0n) is 12.7. The molecule has 0 unspecified atom stereocenters. The summed E-state index contributed by atoms with van der Waals surface area (Å²) in [5, 5.41) is 12.8. The quantitative estimate of drug-likeness (QED) is 0.893. The number of rotatable bonds is 4. The van der Waals surface area contributed by atoms with Gasteiger partial charge in [-0.25, -0.2) is 0 Å². The predicted octanol–water partition coefficient (Wildman–Crippen LogP) is 3.34. The van der Waals surface area contributed by atoms with Crippen LogP contribution in [0.4, 0.5) is 0 Å². The smallest absolute Gasteiger partial charge is 0.306 e. The van der Waals surface area contributed by atoms with Crippen molar-refractivity contribution < 1.29 is 9.90 Å². The second-order valence-corrected chi connectivity index (χ2v) is 7.09. The molecule has 0 aromatic heterocycles. The Balaban J connectivity index is 1.46. The van der Waals surface area contributed by atoms with Crippen LogP contribution in [0, 0.1) is 5.92 Å². The van der Waals surface area contributed by atoms with Gasteiger partial charge in [-0.1, -0.05) is 37.3 Å². The van der Waals surface area contributed by atoms with Crippen LogP contribution in [0.3, 0.4) is 0 Å². The summed E-state index contributed by atoms with van der Waals surface area (Å²) in [4.78, 5) is 11.0. The first-order valence-corrected chi connectivity index (χ1v) is 8.11. The lowest BCUT2D eigenvalue weighted by atomic mass is 9.62. The normalized spacial score (nSPS) is 36.0. The van der Waals surface area contributed by atoms with Gasteiger partial charge in [0.05, 0.1) is 5.92 Å². The summed E-state index contributed by atoms with van der Waals surface area (Å²) in [5.74, 6) is -0.729. The van der Waals surface area contributed by atoms with Crippen LogP contribution in [-0.2, 0) is 10.2 Å². The lowest BCUT2D eigenvalue weighted by Crippen LogP contribution is -2.53. The van der Waals surface area contributed by atoms with Crippen molar-refractivity contribution in [3.8, 4) is 0 Å². The van der Waals surface area contributed by atoms with Crippen LogP contribution >= 0.6 is 0 Å². The molecule has 3 rings (SSSR count). The van der Waals surface area contributed by atoms with Crippen molar-refractivity contribution in [2.45, 2.75) is 62.9 Å². The fourth-order valence-corrected chi connectivity index (χ4v) is 4.06. The largest absolute Gasteiger partial charge is 0.481 e. The Hall–Kier alpha value is -1.35. The molecule has 3 heteroatoms. The van der Waals surface area contributed by atoms with Crippen molar-refractivity contribution in [3.63, 3.8) is 0 Å². The summed E-state index contributed by atoms with van der Waals surface area (Å²) in [7, 11) is 0. The SMILES string of the molecule is CC1(c2ccccc2)CC(NC2CCC(C(=O)O)CC2)C1. The van der Waals surface area contributed by atoms with Crippen LogP contribution in [0.25, 0.3) is 0 Å². The molecule has 0 radical (unpaired) electrons. The first-order chi connectivity index (χ1) is 10.1. The molecule has 0 saturated heterocycles. The summed E-state index contributed by atoms with van der Waals surface area (Å²) in [6, 6.07) is 11.9. The molecule has 1 aromatic carbocycles. The van der Waals surface area contributed by atoms with Crippen molar-refractivity contribution >= 4 is 5.97 Å². The second-order valence-electron chi connectivity index (χ2n) is 7.09. The number of benzene rings is 1. The van der Waals surface area contributed by atoms with Crippen LogP contribution in [0.5, 0.6) is 0 Å². The zero-order chi connectivity index (χ0) is 14.9. The minimum atomic E-state index is -0.617. The van der Waals surface area contributed by atoms with Crippen molar-refractivity contribution in [3.05, 3.63) is 35.9 Å². The summed E-state index contributed by atoms with van der Waals surface area (Å²) >= 11 is 0. The van der Waals surface area contributed by atoms with E-state index in [1.54, 1.807) is 0 Å². The molecule has 2 N–H and O–H groups in total. The molecule has 114 valence electrons. The molecule has 0 atom stereocenters. The molecule has 2 aliphatic carbocycles. The molecule has 0 heterocycles. The summed E-state index contributed by atoms with van der Waals surface area (Å²) in [6.07, 6.45) is 6.06. The maximum absolute atomic E-state index is 11.0. The standard InChI is InChI=1S/C18H25NO2/c1-18(14-5-3-2-4-6-14)11-16(12-18)19-15-9-7-13(8-10-15)17(20)21/h2-6,13,15-16,19H,7-12H2,1H3,(H,20,21). The van der Waals surface area contributed by atoms with E-state index in [2.05, 4.69) is 42.6 Å². The second kappa shape index (κ2) is 5.80. The topological polar surface area (TPSA) is 49.3 Å². The maximum Gasteiger partial charge on any atom is 0.306 e. The number of nitrogens with one attached hydrogen (secondary N) is 1. The fraction of sp³-hybridized carbons (Fsp3) is 0.611. The summed E-state index contributed by atoms with van der Waals surface area (Å²) in [6.45, 7) is 2.35. The molecule has 0 amide bonds. The van der Waals surface area contributed by atoms with Crippen LogP contribution in [-0.4, -0.2) is 23.2 Å². The molecular weight excluding hydrogens is 262 g/mol. The van der Waals surface area contributed by atoms with E-state index in [0.717, 1.165) is 25.7 Å². The molecule has 0 aliphatic heterocycles. The van der Waals surface area contributed by atoms with E-state index in [1.165, 1.54) is 18.4 Å². The van der Waals surface area contributed by atoms with Gasteiger partial charge >= 0.3 is 5.97 Å². The molecule has 2 saturated carbocycles. The van der Waals surface area contributed by atoms with Crippen LogP contribution < -0.4 is 5.32 Å². The monoisotopic (exact) mass is 287 g/mol. The first-order valence-electron chi connectivity index (χ1n) is 8.11. The van der Waals surface area contributed by atoms with Crippen molar-refractivity contribution in [1.82, 2.24) is 5.32 Å². The Kier molecular flexibility index (Phi) is 4.03. The van der Waals surface area contributed by atoms with Gasteiger partial charge in [-0.2, -0.15) is 0 Å². The average molecular weight is 287 g/mol. The minimum absolute atomic E-state index is 0.112. The van der Waals surface area contributed by atoms with Gasteiger partial charge in [0, 0.05) is 12.1 Å². The highest BCUT2D eigenvalue weighted by atomic mass is 16.4. The van der Waals surface area contributed by atoms with Crippen molar-refractivity contribution in [2.24, 2.45) is 5.92 Å². The number of hydrogen-bond acceptors (Lipinski definition) is 2. The van der Waals surface area contributed by atoms with E-state index in [0.29, 0.717) is 17.5 Å². The van der Waals surface area contributed by atoms with E-state index >= 15 is 0 Å². The molecule has 0 spiro atoms. The van der Waals surface area contributed by atoms with Gasteiger partial charge in [-0.3, -0.25) is 4.79 Å². The van der Waals surface area contributed by atoms with Gasteiger partial charge in [0.2, 0.25) is 0 Å². The summed E-state index contributed by atoms with van der Waals surface area (Å²) in [5.41, 5.74) is 1.76. The van der Waals surface area contributed by atoms with Crippen molar-refractivity contribution in [2.75, 3.05) is 0 Å². The van der Waals surface area contributed by atoms with E-state index in [9.17, 15) is 4.79 Å². The van der Waals surface area contributed by atoms with E-state index in [4.69, 9.17) is 5.11 Å². The van der Waals surface area contributed by atoms with Crippen molar-refractivity contribution in [1.29, 1.82) is 0 Å². The number of aliphatic carboxylic acids is 1. The van der Waals surface area contributed by atoms with Crippen LogP contribution in [0.2, 0.25) is 0 Å². The Labute approximate surface area is 126 Å². The Morgan fingerprint density at radius 3 is 2.29 bits per heavy atom. The number of carboxylic acid groups (broad SMARTS) is 1. The van der Waals surface area contributed by atoms with Gasteiger partial charge in [0.1, 0.15) is 0 Å². The van der Waals surface area contributed by atoms with Gasteiger partial charge in [-0.05, 0) is 49.5 Å². The molecule has 2 aliphatic rings. The van der Waals surface area contributed by atoms with Gasteiger partial charge in [0.25, 0.3) is 0 Å². The highest BCUT2D eigenvalue weighted by Gasteiger charge is 2.42. The number of carboxylic acids is 1. The van der Waals surface area contributed by atoms with E-state index in [-0.39, 0.29) is 5.92 Å². The Bertz CT molecular complexity index is 485. The average Bonchev–Trinajstić information content (AvgIpc) is 2.47. The molecular formula is C18H25NO2. The maximum atomic E-state index is 11.0. The third kappa shape index (κ3) is 3.13. The molecule has 1 aromatic rings. The number of carbonyl (C=O) groups is 1.